The molecule has 14 heteroatoms. The van der Waals surface area contributed by atoms with Gasteiger partial charge in [0.15, 0.2) is 16.7 Å². The Bertz CT molecular complexity index is 2630. The number of carbonyl (C=O) groups is 3. The van der Waals surface area contributed by atoms with E-state index < -0.39 is 28.8 Å². The van der Waals surface area contributed by atoms with Crippen molar-refractivity contribution in [2.75, 3.05) is 19.7 Å². The van der Waals surface area contributed by atoms with Crippen LogP contribution in [-0.2, 0) is 30.5 Å². The Balaban J connectivity index is 1.20. The largest absolute Gasteiger partial charge is 0.394 e. The zero-order chi connectivity index (χ0) is 43.4. The summed E-state index contributed by atoms with van der Waals surface area (Å²) < 4.78 is 19.9. The second-order valence-corrected chi connectivity index (χ2v) is 17.6. The fourth-order valence-corrected chi connectivity index (χ4v) is 8.99. The number of halogens is 2. The third kappa shape index (κ3) is 9.33. The van der Waals surface area contributed by atoms with Gasteiger partial charge in [0.2, 0.25) is 0 Å². The van der Waals surface area contributed by atoms with Gasteiger partial charge in [0.1, 0.15) is 0 Å². The molecule has 7 rings (SSSR count). The lowest BCUT2D eigenvalue weighted by molar-refractivity contribution is 0.0544. The summed E-state index contributed by atoms with van der Waals surface area (Å²) in [5.74, 6) is -1.41. The molecule has 1 aliphatic heterocycles. The van der Waals surface area contributed by atoms with Crippen LogP contribution in [0.5, 0.6) is 0 Å². The van der Waals surface area contributed by atoms with Crippen molar-refractivity contribution in [3.8, 4) is 5.69 Å². The standard InChI is InChI=1S/C47H50Cl2N6O5S/c1-5-7-20-52(21-8-6-2)47(59)44-43(49)31(4)55(50-44)42-17-15-35(26-39(42)46(58)54-28-36-12-10-9-11-33(36)24-37(54)29-56)45(57)51-61(60)38-16-18-41-34(25-38)19-22-53(41)27-32-14-13-30(3)40(48)23-32/h9-19,22-23,25-26,37,56H,5-8,20-21,24,27-29H2,1-4H3,(H,51,57)/t37-,61?/m0/s1. The number of aliphatic hydroxyl groups is 1. The molecular formula is C47H50Cl2N6O5S. The third-order valence-electron chi connectivity index (χ3n) is 11.4. The van der Waals surface area contributed by atoms with E-state index in [0.29, 0.717) is 47.4 Å². The predicted molar refractivity (Wildman–Crippen MR) is 241 cm³/mol. The molecule has 1 aliphatic rings. The highest BCUT2D eigenvalue weighted by molar-refractivity contribution is 7.83. The molecule has 318 valence electrons. The van der Waals surface area contributed by atoms with E-state index in [9.17, 15) is 23.7 Å². The van der Waals surface area contributed by atoms with Crippen molar-refractivity contribution in [2.24, 2.45) is 0 Å². The Morgan fingerprint density at radius 1 is 0.918 bits per heavy atom. The fraction of sp³-hybridized carbons (Fsp3) is 0.319. The van der Waals surface area contributed by atoms with E-state index in [0.717, 1.165) is 58.8 Å². The summed E-state index contributed by atoms with van der Waals surface area (Å²) in [4.78, 5) is 46.4. The molecule has 2 N–H and O–H groups in total. The minimum absolute atomic E-state index is 0.0778. The van der Waals surface area contributed by atoms with Crippen LogP contribution in [0.15, 0.2) is 96.0 Å². The number of rotatable bonds is 15. The number of nitrogens with one attached hydrogen (secondary N) is 1. The number of carbonyl (C=O) groups excluding carboxylic acids is 3. The van der Waals surface area contributed by atoms with Crippen molar-refractivity contribution >= 4 is 62.8 Å². The molecule has 6 aromatic rings. The molecule has 1 unspecified atom stereocenters. The Labute approximate surface area is 368 Å². The summed E-state index contributed by atoms with van der Waals surface area (Å²) >= 11 is 13.2. The predicted octanol–water partition coefficient (Wildman–Crippen LogP) is 8.85. The van der Waals surface area contributed by atoms with Crippen molar-refractivity contribution in [1.29, 1.82) is 0 Å². The van der Waals surface area contributed by atoms with Crippen LogP contribution in [0.3, 0.4) is 0 Å². The molecule has 0 spiro atoms. The zero-order valence-electron chi connectivity index (χ0n) is 34.8. The van der Waals surface area contributed by atoms with Crippen molar-refractivity contribution in [1.82, 2.24) is 28.9 Å². The molecule has 2 aromatic heterocycles. The van der Waals surface area contributed by atoms with Crippen molar-refractivity contribution in [3.05, 3.63) is 146 Å². The SMILES string of the molecule is CCCCN(CCCC)C(=O)c1nn(-c2ccc(C(=O)NS(=O)c3ccc4c(ccn4Cc4ccc(C)c(Cl)c4)c3)cc2C(=O)N2Cc3ccccc3C[C@H]2CO)c(C)c1Cl. The van der Waals surface area contributed by atoms with Gasteiger partial charge in [-0.1, -0.05) is 86.3 Å². The van der Waals surface area contributed by atoms with Crippen LogP contribution < -0.4 is 4.72 Å². The number of hydrogen-bond donors (Lipinski definition) is 2. The van der Waals surface area contributed by atoms with Gasteiger partial charge < -0.3 is 19.5 Å². The highest BCUT2D eigenvalue weighted by atomic mass is 35.5. The average molecular weight is 882 g/mol. The molecule has 0 bridgehead atoms. The van der Waals surface area contributed by atoms with E-state index >= 15 is 0 Å². The van der Waals surface area contributed by atoms with Crippen LogP contribution in [0.4, 0.5) is 0 Å². The molecule has 0 aliphatic carbocycles. The van der Waals surface area contributed by atoms with E-state index in [1.807, 2.05) is 67.7 Å². The Kier molecular flexibility index (Phi) is 13.8. The molecule has 0 fully saturated rings. The van der Waals surface area contributed by atoms with E-state index in [-0.39, 0.29) is 40.9 Å². The van der Waals surface area contributed by atoms with Gasteiger partial charge in [-0.3, -0.25) is 19.1 Å². The average Bonchev–Trinajstić information content (AvgIpc) is 3.81. The van der Waals surface area contributed by atoms with Crippen LogP contribution in [0.25, 0.3) is 16.6 Å². The zero-order valence-corrected chi connectivity index (χ0v) is 37.1. The molecule has 0 saturated carbocycles. The van der Waals surface area contributed by atoms with Gasteiger partial charge >= 0.3 is 0 Å². The molecular weight excluding hydrogens is 832 g/mol. The van der Waals surface area contributed by atoms with E-state index in [1.54, 1.807) is 34.9 Å². The number of aryl methyl sites for hydroxylation is 1. The van der Waals surface area contributed by atoms with Crippen LogP contribution in [0.2, 0.25) is 10.0 Å². The summed E-state index contributed by atoms with van der Waals surface area (Å²) in [5.41, 5.74) is 5.97. The van der Waals surface area contributed by atoms with Crippen LogP contribution >= 0.6 is 23.2 Å². The minimum atomic E-state index is -1.95. The summed E-state index contributed by atoms with van der Waals surface area (Å²) in [6.07, 6.45) is 5.89. The van der Waals surface area contributed by atoms with Crippen LogP contribution in [0, 0.1) is 13.8 Å². The van der Waals surface area contributed by atoms with Gasteiger partial charge in [-0.2, -0.15) is 5.10 Å². The molecule has 0 radical (unpaired) electrons. The molecule has 11 nitrogen and oxygen atoms in total. The first-order chi connectivity index (χ1) is 29.4. The number of benzene rings is 4. The first kappa shape index (κ1) is 43.8. The molecule has 2 atom stereocenters. The van der Waals surface area contributed by atoms with Gasteiger partial charge in [0.05, 0.1) is 39.5 Å². The summed E-state index contributed by atoms with van der Waals surface area (Å²) in [7, 11) is -1.95. The second-order valence-electron chi connectivity index (χ2n) is 15.6. The van der Waals surface area contributed by atoms with Crippen molar-refractivity contribution in [3.63, 3.8) is 0 Å². The number of amides is 3. The maximum absolute atomic E-state index is 14.8. The molecule has 3 heterocycles. The molecule has 4 aromatic carbocycles. The highest BCUT2D eigenvalue weighted by Gasteiger charge is 2.33. The number of hydrogen-bond acceptors (Lipinski definition) is 6. The Hall–Kier alpha value is -5.27. The number of aromatic nitrogens is 3. The number of unbranched alkanes of at least 4 members (excludes halogenated alkanes) is 2. The summed E-state index contributed by atoms with van der Waals surface area (Å²) in [6.45, 7) is 9.51. The lowest BCUT2D eigenvalue weighted by Gasteiger charge is -2.36. The highest BCUT2D eigenvalue weighted by Crippen LogP contribution is 2.31. The summed E-state index contributed by atoms with van der Waals surface area (Å²) in [6, 6.07) is 25.1. The van der Waals surface area contributed by atoms with Crippen molar-refractivity contribution < 1.29 is 23.7 Å². The van der Waals surface area contributed by atoms with Gasteiger partial charge in [0.25, 0.3) is 17.7 Å². The smallest absolute Gasteiger partial charge is 0.275 e. The second kappa shape index (κ2) is 19.2. The maximum atomic E-state index is 14.8. The topological polar surface area (TPSA) is 130 Å². The quantitative estimate of drug-likeness (QED) is 0.106. The van der Waals surface area contributed by atoms with Crippen LogP contribution in [0.1, 0.15) is 98.7 Å². The number of nitrogens with zero attached hydrogens (tertiary/aromatic N) is 5. The first-order valence-electron chi connectivity index (χ1n) is 20.7. The van der Waals surface area contributed by atoms with Gasteiger partial charge in [0, 0.05) is 53.9 Å². The summed E-state index contributed by atoms with van der Waals surface area (Å²) in [5, 5.41) is 17.0. The maximum Gasteiger partial charge on any atom is 0.275 e. The lowest BCUT2D eigenvalue weighted by Crippen LogP contribution is -2.46. The number of fused-ring (bicyclic) bond motifs is 2. The first-order valence-corrected chi connectivity index (χ1v) is 22.6. The fourth-order valence-electron chi connectivity index (χ4n) is 7.76. The Morgan fingerprint density at radius 3 is 2.36 bits per heavy atom. The molecule has 3 amide bonds. The monoisotopic (exact) mass is 880 g/mol. The number of aliphatic hydroxyl groups excluding tert-OH is 1. The third-order valence-corrected chi connectivity index (χ3v) is 13.3. The van der Waals surface area contributed by atoms with Gasteiger partial charge in [-0.25, -0.2) is 8.89 Å². The lowest BCUT2D eigenvalue weighted by atomic mass is 9.93. The molecule has 61 heavy (non-hydrogen) atoms. The normalized spacial score (nSPS) is 14.2. The van der Waals surface area contributed by atoms with Gasteiger partial charge in [-0.05, 0) is 104 Å². The van der Waals surface area contributed by atoms with E-state index in [1.165, 1.54) is 16.8 Å². The van der Waals surface area contributed by atoms with Crippen molar-refractivity contribution in [2.45, 2.75) is 83.8 Å². The van der Waals surface area contributed by atoms with E-state index in [2.05, 4.69) is 23.1 Å². The minimum Gasteiger partial charge on any atom is -0.394 e. The van der Waals surface area contributed by atoms with Gasteiger partial charge in [-0.15, -0.1) is 0 Å². The Morgan fingerprint density at radius 2 is 1.66 bits per heavy atom. The van der Waals surface area contributed by atoms with E-state index in [4.69, 9.17) is 28.3 Å². The van der Waals surface area contributed by atoms with Crippen LogP contribution in [-0.4, -0.2) is 76.9 Å². The molecule has 0 saturated heterocycles.